The zero-order chi connectivity index (χ0) is 14.5. The maximum absolute atomic E-state index is 11.9. The van der Waals surface area contributed by atoms with Crippen LogP contribution in [0.3, 0.4) is 0 Å². The molecule has 1 aliphatic heterocycles. The first-order valence-electron chi connectivity index (χ1n) is 7.39. The maximum atomic E-state index is 11.9. The standard InChI is InChI=1S/C16H20N4O/c21-16(19-9-1-2-10-19)17-12-14-4-6-15(7-5-14)13-20-11-3-8-18-20/h3-8,11H,1-2,9-10,12-13H2,(H,17,21). The van der Waals surface area contributed by atoms with Crippen molar-refractivity contribution >= 4 is 6.03 Å². The molecule has 0 spiro atoms. The molecule has 0 saturated carbocycles. The van der Waals surface area contributed by atoms with Gasteiger partial charge in [-0.3, -0.25) is 4.68 Å². The minimum absolute atomic E-state index is 0.0492. The Morgan fingerprint density at radius 1 is 1.14 bits per heavy atom. The van der Waals surface area contributed by atoms with E-state index < -0.39 is 0 Å². The molecule has 5 heteroatoms. The summed E-state index contributed by atoms with van der Waals surface area (Å²) in [4.78, 5) is 13.8. The van der Waals surface area contributed by atoms with Crippen molar-refractivity contribution in [3.8, 4) is 0 Å². The monoisotopic (exact) mass is 284 g/mol. The van der Waals surface area contributed by atoms with Crippen molar-refractivity contribution in [3.63, 3.8) is 0 Å². The summed E-state index contributed by atoms with van der Waals surface area (Å²) in [5.74, 6) is 0. The number of aromatic nitrogens is 2. The topological polar surface area (TPSA) is 50.2 Å². The molecule has 1 N–H and O–H groups in total. The second-order valence-corrected chi connectivity index (χ2v) is 5.37. The second kappa shape index (κ2) is 6.43. The summed E-state index contributed by atoms with van der Waals surface area (Å²) < 4.78 is 1.89. The summed E-state index contributed by atoms with van der Waals surface area (Å²) in [6, 6.07) is 10.3. The second-order valence-electron chi connectivity index (χ2n) is 5.37. The van der Waals surface area contributed by atoms with E-state index in [1.54, 1.807) is 6.20 Å². The number of hydrogen-bond acceptors (Lipinski definition) is 2. The van der Waals surface area contributed by atoms with Crippen molar-refractivity contribution in [2.75, 3.05) is 13.1 Å². The molecule has 1 saturated heterocycles. The highest BCUT2D eigenvalue weighted by molar-refractivity contribution is 5.74. The van der Waals surface area contributed by atoms with Gasteiger partial charge in [0.25, 0.3) is 0 Å². The van der Waals surface area contributed by atoms with E-state index in [1.807, 2.05) is 21.8 Å². The van der Waals surface area contributed by atoms with Gasteiger partial charge < -0.3 is 10.2 Å². The molecule has 110 valence electrons. The van der Waals surface area contributed by atoms with Crippen LogP contribution in [0.1, 0.15) is 24.0 Å². The van der Waals surface area contributed by atoms with Gasteiger partial charge in [-0.15, -0.1) is 0 Å². The highest BCUT2D eigenvalue weighted by atomic mass is 16.2. The van der Waals surface area contributed by atoms with E-state index in [-0.39, 0.29) is 6.03 Å². The van der Waals surface area contributed by atoms with E-state index in [4.69, 9.17) is 0 Å². The number of nitrogens with one attached hydrogen (secondary N) is 1. The molecular formula is C16H20N4O. The van der Waals surface area contributed by atoms with Crippen LogP contribution in [-0.2, 0) is 13.1 Å². The van der Waals surface area contributed by atoms with Crippen LogP contribution in [0.2, 0.25) is 0 Å². The van der Waals surface area contributed by atoms with Crippen LogP contribution in [-0.4, -0.2) is 33.8 Å². The van der Waals surface area contributed by atoms with Crippen molar-refractivity contribution in [1.82, 2.24) is 20.0 Å². The molecule has 1 aromatic heterocycles. The molecule has 2 aromatic rings. The van der Waals surface area contributed by atoms with Gasteiger partial charge in [-0.25, -0.2) is 4.79 Å². The number of urea groups is 1. The Bertz CT molecular complexity index is 571. The Morgan fingerprint density at radius 2 is 1.86 bits per heavy atom. The summed E-state index contributed by atoms with van der Waals surface area (Å²) in [5, 5.41) is 7.17. The third kappa shape index (κ3) is 3.62. The molecule has 0 unspecified atom stereocenters. The van der Waals surface area contributed by atoms with Crippen LogP contribution in [0, 0.1) is 0 Å². The predicted octanol–water partition coefficient (Wildman–Crippen LogP) is 2.24. The summed E-state index contributed by atoms with van der Waals surface area (Å²) >= 11 is 0. The predicted molar refractivity (Wildman–Crippen MR) is 80.8 cm³/mol. The average molecular weight is 284 g/mol. The number of hydrogen-bond donors (Lipinski definition) is 1. The van der Waals surface area contributed by atoms with Crippen molar-refractivity contribution in [2.45, 2.75) is 25.9 Å². The van der Waals surface area contributed by atoms with Gasteiger partial charge in [0.05, 0.1) is 6.54 Å². The minimum atomic E-state index is 0.0492. The summed E-state index contributed by atoms with van der Waals surface area (Å²) in [6.07, 6.45) is 5.97. The normalized spacial score (nSPS) is 14.4. The van der Waals surface area contributed by atoms with E-state index in [0.717, 1.165) is 38.0 Å². The smallest absolute Gasteiger partial charge is 0.317 e. The summed E-state index contributed by atoms with van der Waals surface area (Å²) in [7, 11) is 0. The largest absolute Gasteiger partial charge is 0.334 e. The lowest BCUT2D eigenvalue weighted by Gasteiger charge is -2.16. The SMILES string of the molecule is O=C(NCc1ccc(Cn2cccn2)cc1)N1CCCC1. The highest BCUT2D eigenvalue weighted by Gasteiger charge is 2.16. The van der Waals surface area contributed by atoms with E-state index in [2.05, 4.69) is 34.7 Å². The van der Waals surface area contributed by atoms with E-state index in [1.165, 1.54) is 5.56 Å². The van der Waals surface area contributed by atoms with Gasteiger partial charge in [0, 0.05) is 32.0 Å². The van der Waals surface area contributed by atoms with Crippen molar-refractivity contribution in [3.05, 3.63) is 53.9 Å². The number of amides is 2. The number of likely N-dealkylation sites (tertiary alicyclic amines) is 1. The summed E-state index contributed by atoms with van der Waals surface area (Å²) in [5.41, 5.74) is 2.32. The Morgan fingerprint density at radius 3 is 2.52 bits per heavy atom. The molecule has 1 fully saturated rings. The fourth-order valence-corrected chi connectivity index (χ4v) is 2.55. The van der Waals surface area contributed by atoms with Gasteiger partial charge >= 0.3 is 6.03 Å². The fourth-order valence-electron chi connectivity index (χ4n) is 2.55. The molecule has 21 heavy (non-hydrogen) atoms. The van der Waals surface area contributed by atoms with Crippen LogP contribution < -0.4 is 5.32 Å². The first-order valence-corrected chi connectivity index (χ1v) is 7.39. The van der Waals surface area contributed by atoms with Crippen LogP contribution in [0.25, 0.3) is 0 Å². The molecule has 1 aromatic carbocycles. The molecule has 5 nitrogen and oxygen atoms in total. The number of carbonyl (C=O) groups excluding carboxylic acids is 1. The fraction of sp³-hybridized carbons (Fsp3) is 0.375. The van der Waals surface area contributed by atoms with Crippen LogP contribution in [0.4, 0.5) is 4.79 Å². The van der Waals surface area contributed by atoms with Crippen molar-refractivity contribution in [2.24, 2.45) is 0 Å². The lowest BCUT2D eigenvalue weighted by atomic mass is 10.1. The van der Waals surface area contributed by atoms with Gasteiger partial charge in [0.1, 0.15) is 0 Å². The minimum Gasteiger partial charge on any atom is -0.334 e. The average Bonchev–Trinajstić information content (AvgIpc) is 3.19. The molecule has 2 amide bonds. The first-order chi connectivity index (χ1) is 10.3. The Kier molecular flexibility index (Phi) is 4.19. The quantitative estimate of drug-likeness (QED) is 0.936. The Balaban J connectivity index is 1.51. The van der Waals surface area contributed by atoms with E-state index in [9.17, 15) is 4.79 Å². The lowest BCUT2D eigenvalue weighted by Crippen LogP contribution is -2.37. The zero-order valence-electron chi connectivity index (χ0n) is 12.0. The zero-order valence-corrected chi connectivity index (χ0v) is 12.0. The molecule has 0 atom stereocenters. The maximum Gasteiger partial charge on any atom is 0.317 e. The highest BCUT2D eigenvalue weighted by Crippen LogP contribution is 2.09. The lowest BCUT2D eigenvalue weighted by molar-refractivity contribution is 0.208. The molecule has 0 radical (unpaired) electrons. The molecule has 0 bridgehead atoms. The first kappa shape index (κ1) is 13.7. The van der Waals surface area contributed by atoms with Crippen molar-refractivity contribution < 1.29 is 4.79 Å². The number of benzene rings is 1. The molecule has 2 heterocycles. The third-order valence-electron chi connectivity index (χ3n) is 3.76. The van der Waals surface area contributed by atoms with Crippen LogP contribution in [0.15, 0.2) is 42.7 Å². The van der Waals surface area contributed by atoms with Gasteiger partial charge in [0.15, 0.2) is 0 Å². The van der Waals surface area contributed by atoms with Crippen molar-refractivity contribution in [1.29, 1.82) is 0 Å². The Labute approximate surface area is 124 Å². The third-order valence-corrected chi connectivity index (χ3v) is 3.76. The number of nitrogens with zero attached hydrogens (tertiary/aromatic N) is 3. The van der Waals surface area contributed by atoms with Crippen LogP contribution in [0.5, 0.6) is 0 Å². The molecule has 3 rings (SSSR count). The number of rotatable bonds is 4. The summed E-state index contributed by atoms with van der Waals surface area (Å²) in [6.45, 7) is 3.12. The van der Waals surface area contributed by atoms with Crippen LogP contribution >= 0.6 is 0 Å². The van der Waals surface area contributed by atoms with Gasteiger partial charge in [0.2, 0.25) is 0 Å². The van der Waals surface area contributed by atoms with Gasteiger partial charge in [-0.2, -0.15) is 5.10 Å². The van der Waals surface area contributed by atoms with E-state index in [0.29, 0.717) is 6.54 Å². The Hall–Kier alpha value is -2.30. The molecule has 1 aliphatic rings. The van der Waals surface area contributed by atoms with Gasteiger partial charge in [-0.05, 0) is 30.0 Å². The van der Waals surface area contributed by atoms with E-state index >= 15 is 0 Å². The van der Waals surface area contributed by atoms with Gasteiger partial charge in [-0.1, -0.05) is 24.3 Å². The number of carbonyl (C=O) groups is 1. The molecule has 0 aliphatic carbocycles. The molecular weight excluding hydrogens is 264 g/mol.